The predicted molar refractivity (Wildman–Crippen MR) is 95.7 cm³/mol. The van der Waals surface area contributed by atoms with Gasteiger partial charge in [-0.25, -0.2) is 4.98 Å². The third-order valence-corrected chi connectivity index (χ3v) is 6.14. The number of nitrogens with zero attached hydrogens (tertiary/aromatic N) is 2. The normalized spacial score (nSPS) is 26.5. The molecule has 4 rings (SSSR count). The zero-order valence-corrected chi connectivity index (χ0v) is 14.8. The summed E-state index contributed by atoms with van der Waals surface area (Å²) in [6.45, 7) is 3.65. The third-order valence-electron chi connectivity index (χ3n) is 5.32. The standard InChI is InChI=1S/C19H23N3OS/c1-13-21-15(12-24-13)11-20-19(23)16-10-18(14-6-3-2-4-7-14)22-9-5-8-17(16)22/h2-4,6-7,12,16-18H,5,8-11H2,1H3,(H,20,23)/t16-,17+,18-/m1/s1. The van der Waals surface area contributed by atoms with Crippen LogP contribution in [0.5, 0.6) is 0 Å². The predicted octanol–water partition coefficient (Wildman–Crippen LogP) is 3.29. The quantitative estimate of drug-likeness (QED) is 0.928. The summed E-state index contributed by atoms with van der Waals surface area (Å²) in [5.41, 5.74) is 2.31. The van der Waals surface area contributed by atoms with E-state index in [9.17, 15) is 4.79 Å². The first-order valence-electron chi connectivity index (χ1n) is 8.72. The van der Waals surface area contributed by atoms with Crippen molar-refractivity contribution in [3.63, 3.8) is 0 Å². The Kier molecular flexibility index (Phi) is 4.37. The maximum atomic E-state index is 12.8. The highest BCUT2D eigenvalue weighted by Crippen LogP contribution is 2.44. The summed E-state index contributed by atoms with van der Waals surface area (Å²) in [6.07, 6.45) is 3.26. The second-order valence-corrected chi connectivity index (χ2v) is 7.85. The van der Waals surface area contributed by atoms with E-state index in [4.69, 9.17) is 0 Å². The van der Waals surface area contributed by atoms with E-state index in [1.807, 2.05) is 12.3 Å². The van der Waals surface area contributed by atoms with Gasteiger partial charge in [0.1, 0.15) is 0 Å². The van der Waals surface area contributed by atoms with Crippen molar-refractivity contribution in [1.82, 2.24) is 15.2 Å². The van der Waals surface area contributed by atoms with E-state index in [0.717, 1.165) is 30.1 Å². The van der Waals surface area contributed by atoms with Crippen LogP contribution in [0.3, 0.4) is 0 Å². The van der Waals surface area contributed by atoms with Crippen LogP contribution < -0.4 is 5.32 Å². The number of hydrogen-bond acceptors (Lipinski definition) is 4. The first-order valence-corrected chi connectivity index (χ1v) is 9.60. The molecule has 1 N–H and O–H groups in total. The second kappa shape index (κ2) is 6.65. The van der Waals surface area contributed by atoms with Gasteiger partial charge in [0.2, 0.25) is 5.91 Å². The van der Waals surface area contributed by atoms with Gasteiger partial charge < -0.3 is 5.32 Å². The molecule has 2 fully saturated rings. The molecule has 0 bridgehead atoms. The minimum atomic E-state index is 0.0949. The zero-order valence-electron chi connectivity index (χ0n) is 13.9. The zero-order chi connectivity index (χ0) is 16.5. The van der Waals surface area contributed by atoms with Crippen LogP contribution in [0.15, 0.2) is 35.7 Å². The minimum absolute atomic E-state index is 0.0949. The van der Waals surface area contributed by atoms with Gasteiger partial charge in [-0.1, -0.05) is 30.3 Å². The van der Waals surface area contributed by atoms with Gasteiger partial charge in [0.05, 0.1) is 23.2 Å². The van der Waals surface area contributed by atoms with E-state index in [2.05, 4.69) is 45.5 Å². The molecule has 1 aromatic carbocycles. The first kappa shape index (κ1) is 15.8. The molecule has 0 saturated carbocycles. The Bertz CT molecular complexity index is 714. The summed E-state index contributed by atoms with van der Waals surface area (Å²) in [5, 5.41) is 6.19. The number of aryl methyl sites for hydroxylation is 1. The molecule has 3 heterocycles. The third kappa shape index (κ3) is 2.98. The van der Waals surface area contributed by atoms with Crippen LogP contribution in [0.25, 0.3) is 0 Å². The van der Waals surface area contributed by atoms with Crippen LogP contribution in [0.4, 0.5) is 0 Å². The largest absolute Gasteiger partial charge is 0.350 e. The van der Waals surface area contributed by atoms with Crippen molar-refractivity contribution in [3.05, 3.63) is 52.0 Å². The maximum absolute atomic E-state index is 12.8. The average molecular weight is 341 g/mol. The molecule has 5 heteroatoms. The van der Waals surface area contributed by atoms with Crippen molar-refractivity contribution < 1.29 is 4.79 Å². The lowest BCUT2D eigenvalue weighted by molar-refractivity contribution is -0.125. The highest BCUT2D eigenvalue weighted by molar-refractivity contribution is 7.09. The topological polar surface area (TPSA) is 45.2 Å². The van der Waals surface area contributed by atoms with Gasteiger partial charge >= 0.3 is 0 Å². The SMILES string of the molecule is Cc1nc(CNC(=O)[C@@H]2C[C@H](c3ccccc3)N3CCC[C@@H]23)cs1. The number of amides is 1. The molecule has 2 aliphatic heterocycles. The van der Waals surface area contributed by atoms with E-state index >= 15 is 0 Å². The Balaban J connectivity index is 1.46. The molecule has 126 valence electrons. The van der Waals surface area contributed by atoms with Crippen LogP contribution in [0, 0.1) is 12.8 Å². The van der Waals surface area contributed by atoms with Crippen LogP contribution >= 0.6 is 11.3 Å². The molecule has 24 heavy (non-hydrogen) atoms. The van der Waals surface area contributed by atoms with Gasteiger partial charge in [-0.3, -0.25) is 9.69 Å². The van der Waals surface area contributed by atoms with E-state index in [0.29, 0.717) is 18.6 Å². The summed E-state index contributed by atoms with van der Waals surface area (Å²) in [6, 6.07) is 11.4. The molecular formula is C19H23N3OS. The molecule has 2 saturated heterocycles. The van der Waals surface area contributed by atoms with Crippen LogP contribution in [0.1, 0.15) is 41.6 Å². The van der Waals surface area contributed by atoms with E-state index in [1.165, 1.54) is 12.0 Å². The molecule has 0 unspecified atom stereocenters. The van der Waals surface area contributed by atoms with E-state index in [1.54, 1.807) is 11.3 Å². The molecule has 0 aliphatic carbocycles. The van der Waals surface area contributed by atoms with Crippen molar-refractivity contribution in [2.45, 2.75) is 44.8 Å². The Morgan fingerprint density at radius 2 is 2.21 bits per heavy atom. The first-order chi connectivity index (χ1) is 11.7. The van der Waals surface area contributed by atoms with Crippen LogP contribution in [-0.2, 0) is 11.3 Å². The number of carbonyl (C=O) groups excluding carboxylic acids is 1. The van der Waals surface area contributed by atoms with Gasteiger partial charge in [0.15, 0.2) is 0 Å². The highest BCUT2D eigenvalue weighted by Gasteiger charge is 2.46. The van der Waals surface area contributed by atoms with Crippen molar-refractivity contribution in [1.29, 1.82) is 0 Å². The maximum Gasteiger partial charge on any atom is 0.225 e. The monoisotopic (exact) mass is 341 g/mol. The molecule has 0 radical (unpaired) electrons. The highest BCUT2D eigenvalue weighted by atomic mass is 32.1. The lowest BCUT2D eigenvalue weighted by Crippen LogP contribution is -2.37. The van der Waals surface area contributed by atoms with Crippen molar-refractivity contribution in [2.24, 2.45) is 5.92 Å². The number of carbonyl (C=O) groups is 1. The Labute approximate surface area is 146 Å². The summed E-state index contributed by atoms with van der Waals surface area (Å²) < 4.78 is 0. The number of hydrogen-bond donors (Lipinski definition) is 1. The lowest BCUT2D eigenvalue weighted by atomic mass is 9.93. The summed E-state index contributed by atoms with van der Waals surface area (Å²) in [4.78, 5) is 19.8. The number of fused-ring (bicyclic) bond motifs is 1. The fraction of sp³-hybridized carbons (Fsp3) is 0.474. The van der Waals surface area contributed by atoms with Crippen molar-refractivity contribution >= 4 is 17.2 Å². The fourth-order valence-corrected chi connectivity index (χ4v) is 4.86. The number of rotatable bonds is 4. The molecule has 0 spiro atoms. The molecular weight excluding hydrogens is 318 g/mol. The van der Waals surface area contributed by atoms with E-state index in [-0.39, 0.29) is 11.8 Å². The van der Waals surface area contributed by atoms with Crippen LogP contribution in [0.2, 0.25) is 0 Å². The van der Waals surface area contributed by atoms with E-state index < -0.39 is 0 Å². The summed E-state index contributed by atoms with van der Waals surface area (Å²) >= 11 is 1.63. The number of aromatic nitrogens is 1. The Hall–Kier alpha value is -1.72. The lowest BCUT2D eigenvalue weighted by Gasteiger charge is -2.24. The van der Waals surface area contributed by atoms with Crippen molar-refractivity contribution in [2.75, 3.05) is 6.54 Å². The molecule has 4 nitrogen and oxygen atoms in total. The van der Waals surface area contributed by atoms with Gasteiger partial charge in [-0.05, 0) is 38.3 Å². The Morgan fingerprint density at radius 3 is 2.96 bits per heavy atom. The molecule has 1 aromatic heterocycles. The molecule has 3 atom stereocenters. The minimum Gasteiger partial charge on any atom is -0.350 e. The van der Waals surface area contributed by atoms with Gasteiger partial charge in [0, 0.05) is 17.5 Å². The fourth-order valence-electron chi connectivity index (χ4n) is 4.25. The summed E-state index contributed by atoms with van der Waals surface area (Å²) in [7, 11) is 0. The van der Waals surface area contributed by atoms with Crippen LogP contribution in [-0.4, -0.2) is 28.4 Å². The van der Waals surface area contributed by atoms with Gasteiger partial charge in [0.25, 0.3) is 0 Å². The average Bonchev–Trinajstić information content (AvgIpc) is 3.29. The van der Waals surface area contributed by atoms with Gasteiger partial charge in [-0.15, -0.1) is 11.3 Å². The Morgan fingerprint density at radius 1 is 1.38 bits per heavy atom. The molecule has 1 amide bonds. The number of thiazole rings is 1. The summed E-state index contributed by atoms with van der Waals surface area (Å²) in [5.74, 6) is 0.286. The smallest absolute Gasteiger partial charge is 0.225 e. The number of nitrogens with one attached hydrogen (secondary N) is 1. The second-order valence-electron chi connectivity index (χ2n) is 6.79. The van der Waals surface area contributed by atoms with Crippen molar-refractivity contribution in [3.8, 4) is 0 Å². The number of benzene rings is 1. The molecule has 2 aromatic rings. The van der Waals surface area contributed by atoms with Gasteiger partial charge in [-0.2, -0.15) is 0 Å². The molecule has 2 aliphatic rings.